The van der Waals surface area contributed by atoms with Gasteiger partial charge in [0.05, 0.1) is 14.2 Å². The van der Waals surface area contributed by atoms with Crippen LogP contribution in [-0.4, -0.2) is 26.2 Å². The van der Waals surface area contributed by atoms with Gasteiger partial charge in [-0.3, -0.25) is 9.59 Å². The molecule has 2 aliphatic carbocycles. The fourth-order valence-electron chi connectivity index (χ4n) is 4.21. The van der Waals surface area contributed by atoms with Crippen LogP contribution in [0.2, 0.25) is 0 Å². The van der Waals surface area contributed by atoms with Crippen LogP contribution >= 0.6 is 0 Å². The Hall–Kier alpha value is -2.10. The molecule has 1 aromatic rings. The first kappa shape index (κ1) is 16.7. The molecule has 1 atom stereocenters. The fraction of sp³-hybridized carbons (Fsp3) is 0.500. The summed E-state index contributed by atoms with van der Waals surface area (Å²) in [6.07, 6.45) is 3.73. The highest BCUT2D eigenvalue weighted by Crippen LogP contribution is 2.56. The minimum absolute atomic E-state index is 0.0624. The molecule has 0 aromatic heterocycles. The summed E-state index contributed by atoms with van der Waals surface area (Å²) in [5.41, 5.74) is 2.34. The van der Waals surface area contributed by atoms with Crippen LogP contribution in [0.1, 0.15) is 37.8 Å². The summed E-state index contributed by atoms with van der Waals surface area (Å²) in [4.78, 5) is 25.2. The molecule has 0 N–H and O–H groups in total. The van der Waals surface area contributed by atoms with Gasteiger partial charge in [0, 0.05) is 0 Å². The monoisotopic (exact) mass is 328 g/mol. The fourth-order valence-corrected chi connectivity index (χ4v) is 4.21. The molecule has 0 aliphatic heterocycles. The van der Waals surface area contributed by atoms with Gasteiger partial charge >= 0.3 is 11.9 Å². The number of ether oxygens (including phenoxy) is 2. The van der Waals surface area contributed by atoms with Gasteiger partial charge in [0.2, 0.25) is 0 Å². The predicted molar refractivity (Wildman–Crippen MR) is 91.1 cm³/mol. The van der Waals surface area contributed by atoms with E-state index in [1.165, 1.54) is 30.9 Å². The Labute approximate surface area is 142 Å². The molecule has 0 spiro atoms. The molecule has 0 amide bonds. The first-order valence-corrected chi connectivity index (χ1v) is 8.33. The van der Waals surface area contributed by atoms with Crippen LogP contribution in [0.4, 0.5) is 0 Å². The number of carbonyl (C=O) groups is 2. The Bertz CT molecular complexity index is 698. The number of hydrogen-bond donors (Lipinski definition) is 0. The van der Waals surface area contributed by atoms with Crippen molar-refractivity contribution in [2.75, 3.05) is 14.2 Å². The molecule has 24 heavy (non-hydrogen) atoms. The summed E-state index contributed by atoms with van der Waals surface area (Å²) < 4.78 is 10.0. The summed E-state index contributed by atoms with van der Waals surface area (Å²) in [5, 5.41) is 0. The second-order valence-corrected chi connectivity index (χ2v) is 7.40. The molecule has 0 saturated heterocycles. The quantitative estimate of drug-likeness (QED) is 0.617. The summed E-state index contributed by atoms with van der Waals surface area (Å²) >= 11 is 0. The van der Waals surface area contributed by atoms with Gasteiger partial charge in [0.1, 0.15) is 0 Å². The maximum atomic E-state index is 12.6. The van der Waals surface area contributed by atoms with Gasteiger partial charge in [0.25, 0.3) is 0 Å². The standard InChI is InChI=1S/C20H24O4/c1-19(2)11-15-14-8-6-5-7-13(14)9-10-20(12-16(15)19,17(21)23-3)18(22)24-4/h5-8,11,16H,9-10,12H2,1-4H3. The summed E-state index contributed by atoms with van der Waals surface area (Å²) in [6.45, 7) is 4.29. The second kappa shape index (κ2) is 5.76. The maximum Gasteiger partial charge on any atom is 0.323 e. The van der Waals surface area contributed by atoms with E-state index in [4.69, 9.17) is 9.47 Å². The number of aryl methyl sites for hydroxylation is 1. The van der Waals surface area contributed by atoms with Crippen molar-refractivity contribution in [3.05, 3.63) is 41.5 Å². The second-order valence-electron chi connectivity index (χ2n) is 7.40. The minimum atomic E-state index is -1.24. The molecule has 4 heteroatoms. The third-order valence-electron chi connectivity index (χ3n) is 5.66. The first-order valence-electron chi connectivity index (χ1n) is 8.33. The molecular formula is C20H24O4. The van der Waals surface area contributed by atoms with Crippen molar-refractivity contribution in [3.8, 4) is 0 Å². The lowest BCUT2D eigenvalue weighted by molar-refractivity contribution is -0.171. The molecule has 1 aromatic carbocycles. The van der Waals surface area contributed by atoms with Crippen molar-refractivity contribution in [2.45, 2.75) is 33.1 Å². The molecule has 0 fully saturated rings. The average Bonchev–Trinajstić information content (AvgIpc) is 2.58. The summed E-state index contributed by atoms with van der Waals surface area (Å²) in [7, 11) is 2.67. The van der Waals surface area contributed by atoms with Crippen LogP contribution in [0.25, 0.3) is 5.57 Å². The van der Waals surface area contributed by atoms with Crippen molar-refractivity contribution in [1.29, 1.82) is 0 Å². The molecular weight excluding hydrogens is 304 g/mol. The van der Waals surface area contributed by atoms with Crippen molar-refractivity contribution < 1.29 is 19.1 Å². The average molecular weight is 328 g/mol. The Morgan fingerprint density at radius 2 is 1.71 bits per heavy atom. The Balaban J connectivity index is 2.14. The minimum Gasteiger partial charge on any atom is -0.468 e. The maximum absolute atomic E-state index is 12.6. The van der Waals surface area contributed by atoms with E-state index in [1.807, 2.05) is 12.1 Å². The van der Waals surface area contributed by atoms with Crippen LogP contribution in [-0.2, 0) is 25.5 Å². The van der Waals surface area contributed by atoms with E-state index < -0.39 is 17.4 Å². The topological polar surface area (TPSA) is 52.6 Å². The number of allylic oxidation sites excluding steroid dienone is 2. The van der Waals surface area contributed by atoms with E-state index in [2.05, 4.69) is 32.1 Å². The molecule has 4 nitrogen and oxygen atoms in total. The molecule has 1 unspecified atom stereocenters. The number of esters is 2. The molecule has 0 saturated carbocycles. The third kappa shape index (κ3) is 2.36. The number of fused-ring (bicyclic) bond motifs is 3. The highest BCUT2D eigenvalue weighted by Gasteiger charge is 2.55. The zero-order valence-electron chi connectivity index (χ0n) is 14.7. The van der Waals surface area contributed by atoms with Gasteiger partial charge in [-0.15, -0.1) is 0 Å². The Morgan fingerprint density at radius 1 is 1.08 bits per heavy atom. The lowest BCUT2D eigenvalue weighted by Gasteiger charge is -2.48. The number of rotatable bonds is 2. The molecule has 0 radical (unpaired) electrons. The van der Waals surface area contributed by atoms with Gasteiger partial charge in [-0.1, -0.05) is 44.2 Å². The predicted octanol–water partition coefficient (Wildman–Crippen LogP) is 3.39. The van der Waals surface area contributed by atoms with Crippen LogP contribution in [0.3, 0.4) is 0 Å². The van der Waals surface area contributed by atoms with Crippen LogP contribution < -0.4 is 0 Å². The first-order chi connectivity index (χ1) is 11.4. The lowest BCUT2D eigenvalue weighted by Crippen LogP contribution is -2.48. The van der Waals surface area contributed by atoms with Crippen molar-refractivity contribution in [2.24, 2.45) is 16.7 Å². The van der Waals surface area contributed by atoms with Crippen molar-refractivity contribution in [1.82, 2.24) is 0 Å². The highest BCUT2D eigenvalue weighted by molar-refractivity contribution is 6.00. The van der Waals surface area contributed by atoms with Crippen LogP contribution in [0.15, 0.2) is 30.3 Å². The summed E-state index contributed by atoms with van der Waals surface area (Å²) in [6, 6.07) is 8.24. The van der Waals surface area contributed by atoms with Crippen molar-refractivity contribution in [3.63, 3.8) is 0 Å². The van der Waals surface area contributed by atoms with Gasteiger partial charge < -0.3 is 9.47 Å². The number of methoxy groups -OCH3 is 2. The molecule has 0 heterocycles. The zero-order chi connectivity index (χ0) is 17.5. The van der Waals surface area contributed by atoms with Gasteiger partial charge in [-0.25, -0.2) is 0 Å². The summed E-state index contributed by atoms with van der Waals surface area (Å²) in [5.74, 6) is -0.858. The lowest BCUT2D eigenvalue weighted by atomic mass is 9.55. The Morgan fingerprint density at radius 3 is 2.29 bits per heavy atom. The van der Waals surface area contributed by atoms with E-state index in [-0.39, 0.29) is 11.3 Å². The third-order valence-corrected chi connectivity index (χ3v) is 5.66. The smallest absolute Gasteiger partial charge is 0.323 e. The van der Waals surface area contributed by atoms with E-state index in [1.54, 1.807) is 0 Å². The number of hydrogen-bond acceptors (Lipinski definition) is 4. The largest absolute Gasteiger partial charge is 0.468 e. The van der Waals surface area contributed by atoms with Crippen molar-refractivity contribution >= 4 is 17.5 Å². The number of benzene rings is 1. The van der Waals surface area contributed by atoms with E-state index in [0.717, 1.165) is 0 Å². The van der Waals surface area contributed by atoms with Gasteiger partial charge in [-0.2, -0.15) is 0 Å². The van der Waals surface area contributed by atoms with E-state index in [9.17, 15) is 9.59 Å². The van der Waals surface area contributed by atoms with Gasteiger partial charge in [-0.05, 0) is 47.3 Å². The molecule has 128 valence electrons. The molecule has 0 bridgehead atoms. The van der Waals surface area contributed by atoms with Crippen LogP contribution in [0, 0.1) is 16.7 Å². The SMILES string of the molecule is COC(=O)C1(C(=O)OC)CCc2ccccc2C2=CC(C)(C)C2C1. The van der Waals surface area contributed by atoms with Crippen LogP contribution in [0.5, 0.6) is 0 Å². The Kier molecular flexibility index (Phi) is 4.02. The zero-order valence-corrected chi connectivity index (χ0v) is 14.7. The highest BCUT2D eigenvalue weighted by atomic mass is 16.5. The van der Waals surface area contributed by atoms with Gasteiger partial charge in [0.15, 0.2) is 5.41 Å². The molecule has 2 aliphatic rings. The normalized spacial score (nSPS) is 23.3. The molecule has 3 rings (SSSR count). The van der Waals surface area contributed by atoms with E-state index >= 15 is 0 Å². The van der Waals surface area contributed by atoms with E-state index in [0.29, 0.717) is 19.3 Å². The number of carbonyl (C=O) groups excluding carboxylic acids is 2.